The number of rotatable bonds is 3. The Bertz CT molecular complexity index is 913. The first kappa shape index (κ1) is 15.8. The van der Waals surface area contributed by atoms with E-state index >= 15 is 0 Å². The van der Waals surface area contributed by atoms with Crippen molar-refractivity contribution in [3.05, 3.63) is 64.8 Å². The molecular formula is C19H19N3O2. The molecule has 0 radical (unpaired) electrons. The Hall–Kier alpha value is -3.08. The lowest BCUT2D eigenvalue weighted by atomic mass is 10.0. The number of hydrogen-bond donors (Lipinski definition) is 3. The zero-order chi connectivity index (χ0) is 17.3. The molecule has 0 aliphatic carbocycles. The number of nitrogens with one attached hydrogen (secondary N) is 2. The Labute approximate surface area is 140 Å². The predicted molar refractivity (Wildman–Crippen MR) is 94.3 cm³/mol. The lowest BCUT2D eigenvalue weighted by molar-refractivity contribution is 0.102. The van der Waals surface area contributed by atoms with E-state index in [4.69, 9.17) is 0 Å². The quantitative estimate of drug-likeness (QED) is 0.683. The van der Waals surface area contributed by atoms with E-state index in [0.29, 0.717) is 17.0 Å². The maximum Gasteiger partial charge on any atom is 0.273 e. The van der Waals surface area contributed by atoms with E-state index in [2.05, 4.69) is 15.5 Å². The standard InChI is InChI=1S/C19H19N3O2/c1-11-5-4-6-14(8-11)20-19(24)17-10-16(21-22-17)15-9-12(2)7-13(3)18(15)23/h4-10,23H,1-3H3,(H,20,24)(H,21,22). The molecule has 0 aliphatic rings. The molecule has 0 aliphatic heterocycles. The third-order valence-electron chi connectivity index (χ3n) is 3.82. The number of H-pyrrole nitrogens is 1. The van der Waals surface area contributed by atoms with Crippen molar-refractivity contribution in [3.63, 3.8) is 0 Å². The summed E-state index contributed by atoms with van der Waals surface area (Å²) in [6.45, 7) is 5.75. The van der Waals surface area contributed by atoms with Crippen LogP contribution in [-0.4, -0.2) is 21.2 Å². The van der Waals surface area contributed by atoms with Crippen molar-refractivity contribution < 1.29 is 9.90 Å². The minimum absolute atomic E-state index is 0.178. The van der Waals surface area contributed by atoms with Crippen molar-refractivity contribution in [2.45, 2.75) is 20.8 Å². The van der Waals surface area contributed by atoms with Gasteiger partial charge in [-0.15, -0.1) is 0 Å². The summed E-state index contributed by atoms with van der Waals surface area (Å²) in [5, 5.41) is 20.0. The topological polar surface area (TPSA) is 78.0 Å². The molecule has 0 saturated carbocycles. The monoisotopic (exact) mass is 321 g/mol. The third kappa shape index (κ3) is 3.15. The number of carbonyl (C=O) groups is 1. The summed E-state index contributed by atoms with van der Waals surface area (Å²) < 4.78 is 0. The van der Waals surface area contributed by atoms with Crippen molar-refractivity contribution in [3.8, 4) is 17.0 Å². The number of hydrogen-bond acceptors (Lipinski definition) is 3. The molecule has 24 heavy (non-hydrogen) atoms. The number of aromatic hydroxyl groups is 1. The van der Waals surface area contributed by atoms with Crippen LogP contribution in [0.15, 0.2) is 42.5 Å². The molecule has 5 heteroatoms. The lowest BCUT2D eigenvalue weighted by Crippen LogP contribution is -2.12. The van der Waals surface area contributed by atoms with E-state index in [9.17, 15) is 9.90 Å². The largest absolute Gasteiger partial charge is 0.507 e. The highest BCUT2D eigenvalue weighted by Crippen LogP contribution is 2.32. The number of phenolic OH excluding ortho intramolecular Hbond substituents is 1. The van der Waals surface area contributed by atoms with Crippen LogP contribution in [0.3, 0.4) is 0 Å². The minimum atomic E-state index is -0.275. The number of anilines is 1. The summed E-state index contributed by atoms with van der Waals surface area (Å²) in [6.07, 6.45) is 0. The van der Waals surface area contributed by atoms with Gasteiger partial charge in [-0.3, -0.25) is 9.89 Å². The Kier molecular flexibility index (Phi) is 4.08. The molecule has 1 aromatic heterocycles. The van der Waals surface area contributed by atoms with Gasteiger partial charge in [-0.05, 0) is 61.7 Å². The third-order valence-corrected chi connectivity index (χ3v) is 3.82. The van der Waals surface area contributed by atoms with Crippen molar-refractivity contribution in [1.82, 2.24) is 10.2 Å². The van der Waals surface area contributed by atoms with Crippen LogP contribution in [-0.2, 0) is 0 Å². The van der Waals surface area contributed by atoms with Gasteiger partial charge in [0.15, 0.2) is 0 Å². The fourth-order valence-electron chi connectivity index (χ4n) is 2.65. The molecule has 2 aromatic carbocycles. The van der Waals surface area contributed by atoms with Gasteiger partial charge in [0.1, 0.15) is 11.4 Å². The van der Waals surface area contributed by atoms with E-state index in [0.717, 1.165) is 22.4 Å². The summed E-state index contributed by atoms with van der Waals surface area (Å²) in [4.78, 5) is 12.3. The number of aryl methyl sites for hydroxylation is 3. The summed E-state index contributed by atoms with van der Waals surface area (Å²) >= 11 is 0. The molecule has 3 N–H and O–H groups in total. The number of aromatic nitrogens is 2. The Morgan fingerprint density at radius 3 is 2.62 bits per heavy atom. The van der Waals surface area contributed by atoms with Gasteiger partial charge in [0.2, 0.25) is 0 Å². The van der Waals surface area contributed by atoms with Crippen LogP contribution in [0.25, 0.3) is 11.3 Å². The highest BCUT2D eigenvalue weighted by Gasteiger charge is 2.15. The number of amides is 1. The maximum atomic E-state index is 12.3. The molecule has 0 unspecified atom stereocenters. The average molecular weight is 321 g/mol. The van der Waals surface area contributed by atoms with E-state index < -0.39 is 0 Å². The minimum Gasteiger partial charge on any atom is -0.507 e. The number of carbonyl (C=O) groups excluding carboxylic acids is 1. The Morgan fingerprint density at radius 2 is 1.88 bits per heavy atom. The van der Waals surface area contributed by atoms with Crippen LogP contribution in [0.5, 0.6) is 5.75 Å². The summed E-state index contributed by atoms with van der Waals surface area (Å²) in [6, 6.07) is 13.0. The summed E-state index contributed by atoms with van der Waals surface area (Å²) in [5.74, 6) is -0.0963. The summed E-state index contributed by atoms with van der Waals surface area (Å²) in [7, 11) is 0. The highest BCUT2D eigenvalue weighted by molar-refractivity contribution is 6.03. The molecular weight excluding hydrogens is 302 g/mol. The second-order valence-corrected chi connectivity index (χ2v) is 5.97. The molecule has 1 amide bonds. The lowest BCUT2D eigenvalue weighted by Gasteiger charge is -2.06. The van der Waals surface area contributed by atoms with Crippen LogP contribution in [0.1, 0.15) is 27.2 Å². The van der Waals surface area contributed by atoms with Crippen LogP contribution in [0.2, 0.25) is 0 Å². The predicted octanol–water partition coefficient (Wildman–Crippen LogP) is 3.96. The van der Waals surface area contributed by atoms with Gasteiger partial charge in [0.25, 0.3) is 5.91 Å². The number of phenols is 1. The van der Waals surface area contributed by atoms with Gasteiger partial charge in [-0.25, -0.2) is 0 Å². The molecule has 3 aromatic rings. The second kappa shape index (κ2) is 6.20. The van der Waals surface area contributed by atoms with E-state index in [-0.39, 0.29) is 11.7 Å². The van der Waals surface area contributed by atoms with Gasteiger partial charge in [-0.2, -0.15) is 5.10 Å². The first-order valence-corrected chi connectivity index (χ1v) is 7.68. The van der Waals surface area contributed by atoms with Crippen LogP contribution in [0, 0.1) is 20.8 Å². The van der Waals surface area contributed by atoms with Gasteiger partial charge in [-0.1, -0.05) is 18.2 Å². The molecule has 1 heterocycles. The Morgan fingerprint density at radius 1 is 1.08 bits per heavy atom. The molecule has 3 rings (SSSR count). The van der Waals surface area contributed by atoms with Gasteiger partial charge < -0.3 is 10.4 Å². The fraction of sp³-hybridized carbons (Fsp3) is 0.158. The SMILES string of the molecule is Cc1cccc(NC(=O)c2cc(-c3cc(C)cc(C)c3O)n[nH]2)c1. The van der Waals surface area contributed by atoms with Crippen LogP contribution in [0.4, 0.5) is 5.69 Å². The Balaban J connectivity index is 1.87. The van der Waals surface area contributed by atoms with Gasteiger partial charge in [0.05, 0.1) is 5.69 Å². The number of nitrogens with zero attached hydrogens (tertiary/aromatic N) is 1. The first-order valence-electron chi connectivity index (χ1n) is 7.68. The van der Waals surface area contributed by atoms with Gasteiger partial charge >= 0.3 is 0 Å². The average Bonchev–Trinajstić information content (AvgIpc) is 3.00. The number of aromatic amines is 1. The van der Waals surface area contributed by atoms with Crippen molar-refractivity contribution in [2.75, 3.05) is 5.32 Å². The zero-order valence-corrected chi connectivity index (χ0v) is 13.8. The second-order valence-electron chi connectivity index (χ2n) is 5.97. The molecule has 5 nitrogen and oxygen atoms in total. The van der Waals surface area contributed by atoms with E-state index in [1.165, 1.54) is 0 Å². The first-order chi connectivity index (χ1) is 11.4. The molecule has 0 fully saturated rings. The summed E-state index contributed by atoms with van der Waals surface area (Å²) in [5.41, 5.74) is 5.08. The number of benzene rings is 2. The highest BCUT2D eigenvalue weighted by atomic mass is 16.3. The smallest absolute Gasteiger partial charge is 0.273 e. The van der Waals surface area contributed by atoms with Crippen LogP contribution < -0.4 is 5.32 Å². The fourth-order valence-corrected chi connectivity index (χ4v) is 2.65. The maximum absolute atomic E-state index is 12.3. The van der Waals surface area contributed by atoms with Crippen molar-refractivity contribution in [2.24, 2.45) is 0 Å². The van der Waals surface area contributed by atoms with Crippen LogP contribution >= 0.6 is 0 Å². The van der Waals surface area contributed by atoms with Crippen molar-refractivity contribution in [1.29, 1.82) is 0 Å². The molecule has 122 valence electrons. The zero-order valence-electron chi connectivity index (χ0n) is 13.8. The van der Waals surface area contributed by atoms with Crippen molar-refractivity contribution >= 4 is 11.6 Å². The van der Waals surface area contributed by atoms with Gasteiger partial charge in [0, 0.05) is 11.3 Å². The normalized spacial score (nSPS) is 10.6. The molecule has 0 spiro atoms. The van der Waals surface area contributed by atoms with E-state index in [1.807, 2.05) is 57.2 Å². The van der Waals surface area contributed by atoms with E-state index in [1.54, 1.807) is 6.07 Å². The molecule has 0 saturated heterocycles. The molecule has 0 bridgehead atoms. The molecule has 0 atom stereocenters.